The molecule has 0 radical (unpaired) electrons. The van der Waals surface area contributed by atoms with E-state index in [0.717, 1.165) is 18.2 Å². The number of nitrogens with one attached hydrogen (secondary N) is 2. The predicted molar refractivity (Wildman–Crippen MR) is 65.4 cm³/mol. The van der Waals surface area contributed by atoms with Crippen LogP contribution in [-0.4, -0.2) is 15.9 Å². The standard InChI is InChI=1S/C13H13F2N3O/c1-2-11(9-5-8(14)3-4-10(9)15)18-13(19)12-6-16-7-17-12/h3-7,11H,2H2,1H3,(H,16,17)(H,18,19)/t11-/m1/s1. The van der Waals surface area contributed by atoms with E-state index in [1.54, 1.807) is 6.92 Å². The maximum Gasteiger partial charge on any atom is 0.269 e. The van der Waals surface area contributed by atoms with Gasteiger partial charge in [0.05, 0.1) is 18.6 Å². The van der Waals surface area contributed by atoms with Crippen molar-refractivity contribution in [2.45, 2.75) is 19.4 Å². The molecule has 2 rings (SSSR count). The van der Waals surface area contributed by atoms with Crippen LogP contribution >= 0.6 is 0 Å². The van der Waals surface area contributed by atoms with Gasteiger partial charge in [-0.15, -0.1) is 0 Å². The molecule has 0 fully saturated rings. The van der Waals surface area contributed by atoms with Crippen LogP contribution in [0.25, 0.3) is 0 Å². The van der Waals surface area contributed by atoms with Crippen LogP contribution in [0.4, 0.5) is 8.78 Å². The lowest BCUT2D eigenvalue weighted by atomic mass is 10.0. The zero-order chi connectivity index (χ0) is 13.8. The Balaban J connectivity index is 2.20. The van der Waals surface area contributed by atoms with E-state index in [1.165, 1.54) is 12.5 Å². The van der Waals surface area contributed by atoms with Crippen molar-refractivity contribution in [2.75, 3.05) is 0 Å². The van der Waals surface area contributed by atoms with Crippen LogP contribution in [0.2, 0.25) is 0 Å². The zero-order valence-electron chi connectivity index (χ0n) is 10.3. The fourth-order valence-electron chi connectivity index (χ4n) is 1.80. The summed E-state index contributed by atoms with van der Waals surface area (Å²) in [6.45, 7) is 1.78. The number of rotatable bonds is 4. The van der Waals surface area contributed by atoms with E-state index in [9.17, 15) is 13.6 Å². The first-order valence-corrected chi connectivity index (χ1v) is 5.86. The van der Waals surface area contributed by atoms with Gasteiger partial charge in [-0.3, -0.25) is 4.79 Å². The van der Waals surface area contributed by atoms with Gasteiger partial charge in [0.25, 0.3) is 5.91 Å². The van der Waals surface area contributed by atoms with Crippen molar-refractivity contribution in [3.05, 3.63) is 53.6 Å². The summed E-state index contributed by atoms with van der Waals surface area (Å²) in [7, 11) is 0. The van der Waals surface area contributed by atoms with Gasteiger partial charge in [-0.1, -0.05) is 6.92 Å². The molecular formula is C13H13F2N3O. The van der Waals surface area contributed by atoms with Gasteiger partial charge >= 0.3 is 0 Å². The molecule has 0 aliphatic heterocycles. The number of aromatic amines is 1. The third kappa shape index (κ3) is 2.96. The molecule has 1 amide bonds. The average Bonchev–Trinajstić information content (AvgIpc) is 2.93. The Morgan fingerprint density at radius 1 is 1.47 bits per heavy atom. The van der Waals surface area contributed by atoms with Crippen LogP contribution in [0.3, 0.4) is 0 Å². The van der Waals surface area contributed by atoms with Gasteiger partial charge in [0, 0.05) is 5.56 Å². The number of carbonyl (C=O) groups excluding carboxylic acids is 1. The van der Waals surface area contributed by atoms with Crippen LogP contribution in [-0.2, 0) is 0 Å². The molecule has 4 nitrogen and oxygen atoms in total. The number of carbonyl (C=O) groups is 1. The zero-order valence-corrected chi connectivity index (χ0v) is 10.3. The first-order valence-electron chi connectivity index (χ1n) is 5.86. The molecule has 0 bridgehead atoms. The van der Waals surface area contributed by atoms with Crippen molar-refractivity contribution in [1.82, 2.24) is 15.3 Å². The topological polar surface area (TPSA) is 57.8 Å². The molecule has 1 aromatic heterocycles. The van der Waals surface area contributed by atoms with Gasteiger partial charge in [0.15, 0.2) is 0 Å². The lowest BCUT2D eigenvalue weighted by Crippen LogP contribution is -2.29. The molecule has 2 aromatic rings. The van der Waals surface area contributed by atoms with E-state index < -0.39 is 23.6 Å². The summed E-state index contributed by atoms with van der Waals surface area (Å²) >= 11 is 0. The molecule has 1 atom stereocenters. The molecule has 2 N–H and O–H groups in total. The summed E-state index contributed by atoms with van der Waals surface area (Å²) in [4.78, 5) is 18.2. The molecule has 0 saturated heterocycles. The van der Waals surface area contributed by atoms with E-state index >= 15 is 0 Å². The number of H-pyrrole nitrogens is 1. The van der Waals surface area contributed by atoms with Gasteiger partial charge < -0.3 is 10.3 Å². The van der Waals surface area contributed by atoms with Crippen molar-refractivity contribution in [3.63, 3.8) is 0 Å². The highest BCUT2D eigenvalue weighted by atomic mass is 19.1. The Morgan fingerprint density at radius 2 is 2.26 bits per heavy atom. The third-order valence-electron chi connectivity index (χ3n) is 2.79. The molecule has 1 aromatic carbocycles. The highest BCUT2D eigenvalue weighted by molar-refractivity contribution is 5.92. The monoisotopic (exact) mass is 265 g/mol. The highest BCUT2D eigenvalue weighted by Crippen LogP contribution is 2.21. The van der Waals surface area contributed by atoms with Crippen LogP contribution < -0.4 is 5.32 Å². The van der Waals surface area contributed by atoms with Gasteiger partial charge in [-0.05, 0) is 24.6 Å². The molecule has 0 spiro atoms. The summed E-state index contributed by atoms with van der Waals surface area (Å²) in [6, 6.07) is 2.60. The number of nitrogens with zero attached hydrogens (tertiary/aromatic N) is 1. The number of amides is 1. The first-order chi connectivity index (χ1) is 9.11. The SMILES string of the molecule is CC[C@@H](NC(=O)c1cnc[nH]1)c1cc(F)ccc1F. The largest absolute Gasteiger partial charge is 0.344 e. The Labute approximate surface area is 108 Å². The van der Waals surface area contributed by atoms with Gasteiger partial charge in [-0.25, -0.2) is 13.8 Å². The Kier molecular flexibility index (Phi) is 3.89. The van der Waals surface area contributed by atoms with Crippen molar-refractivity contribution in [3.8, 4) is 0 Å². The second kappa shape index (κ2) is 5.60. The minimum atomic E-state index is -0.591. The summed E-state index contributed by atoms with van der Waals surface area (Å²) in [5.74, 6) is -1.49. The van der Waals surface area contributed by atoms with Gasteiger partial charge in [-0.2, -0.15) is 0 Å². The maximum absolute atomic E-state index is 13.7. The van der Waals surface area contributed by atoms with Crippen LogP contribution in [0, 0.1) is 11.6 Å². The quantitative estimate of drug-likeness (QED) is 0.892. The maximum atomic E-state index is 13.7. The molecule has 100 valence electrons. The van der Waals surface area contributed by atoms with E-state index in [-0.39, 0.29) is 11.3 Å². The predicted octanol–water partition coefficient (Wildman–Crippen LogP) is 2.57. The van der Waals surface area contributed by atoms with Crippen LogP contribution in [0.15, 0.2) is 30.7 Å². The van der Waals surface area contributed by atoms with Crippen molar-refractivity contribution in [2.24, 2.45) is 0 Å². The number of imidazole rings is 1. The fourth-order valence-corrected chi connectivity index (χ4v) is 1.80. The Bertz CT molecular complexity index is 569. The number of hydrogen-bond acceptors (Lipinski definition) is 2. The van der Waals surface area contributed by atoms with Crippen molar-refractivity contribution < 1.29 is 13.6 Å². The van der Waals surface area contributed by atoms with Gasteiger partial charge in [0.1, 0.15) is 17.3 Å². The molecule has 0 unspecified atom stereocenters. The number of benzene rings is 1. The smallest absolute Gasteiger partial charge is 0.269 e. The summed E-state index contributed by atoms with van der Waals surface area (Å²) < 4.78 is 26.8. The molecule has 0 aliphatic rings. The minimum absolute atomic E-state index is 0.135. The number of halogens is 2. The molecule has 0 aliphatic carbocycles. The first kappa shape index (κ1) is 13.2. The van der Waals surface area contributed by atoms with E-state index in [0.29, 0.717) is 6.42 Å². The minimum Gasteiger partial charge on any atom is -0.344 e. The van der Waals surface area contributed by atoms with Gasteiger partial charge in [0.2, 0.25) is 0 Å². The lowest BCUT2D eigenvalue weighted by Gasteiger charge is -2.17. The second-order valence-corrected chi connectivity index (χ2v) is 4.07. The van der Waals surface area contributed by atoms with E-state index in [4.69, 9.17) is 0 Å². The lowest BCUT2D eigenvalue weighted by molar-refractivity contribution is 0.0930. The molecule has 0 saturated carbocycles. The average molecular weight is 265 g/mol. The van der Waals surface area contributed by atoms with Crippen LogP contribution in [0.1, 0.15) is 35.4 Å². The number of aromatic nitrogens is 2. The summed E-state index contributed by atoms with van der Waals surface area (Å²) in [5.41, 5.74) is 0.408. The summed E-state index contributed by atoms with van der Waals surface area (Å²) in [5, 5.41) is 2.64. The highest BCUT2D eigenvalue weighted by Gasteiger charge is 2.18. The molecule has 6 heteroatoms. The van der Waals surface area contributed by atoms with Crippen LogP contribution in [0.5, 0.6) is 0 Å². The Morgan fingerprint density at radius 3 is 2.89 bits per heavy atom. The Hall–Kier alpha value is -2.24. The fraction of sp³-hybridized carbons (Fsp3) is 0.231. The normalized spacial score (nSPS) is 12.2. The van der Waals surface area contributed by atoms with Crippen molar-refractivity contribution in [1.29, 1.82) is 0 Å². The van der Waals surface area contributed by atoms with Crippen molar-refractivity contribution >= 4 is 5.91 Å². The second-order valence-electron chi connectivity index (χ2n) is 4.07. The molecule has 1 heterocycles. The third-order valence-corrected chi connectivity index (χ3v) is 2.79. The van der Waals surface area contributed by atoms with E-state index in [2.05, 4.69) is 15.3 Å². The molecular weight excluding hydrogens is 252 g/mol. The molecule has 19 heavy (non-hydrogen) atoms. The number of hydrogen-bond donors (Lipinski definition) is 2. The van der Waals surface area contributed by atoms with E-state index in [1.807, 2.05) is 0 Å². The summed E-state index contributed by atoms with van der Waals surface area (Å²) in [6.07, 6.45) is 3.18.